The first-order valence-corrected chi connectivity index (χ1v) is 23.9. The van der Waals surface area contributed by atoms with E-state index >= 15 is 0 Å². The third kappa shape index (κ3) is 30.7. The second-order valence-corrected chi connectivity index (χ2v) is 17.9. The van der Waals surface area contributed by atoms with Crippen molar-refractivity contribution in [1.82, 2.24) is 42.1 Å². The molecule has 4 fully saturated rings. The third-order valence-corrected chi connectivity index (χ3v) is 12.0. The van der Waals surface area contributed by atoms with Crippen LogP contribution in [0.2, 0.25) is 0 Å². The van der Waals surface area contributed by atoms with E-state index < -0.39 is 78.0 Å². The largest absolute Gasteiger partial charge is 0.480 e. The highest BCUT2D eigenvalue weighted by Gasteiger charge is 2.32. The average Bonchev–Trinajstić information content (AvgIpc) is 4.07. The number of carboxylic acid groups (broad SMARTS) is 5. The Kier molecular flexibility index (Phi) is 33.4. The van der Waals surface area contributed by atoms with Crippen molar-refractivity contribution < 1.29 is 97.4 Å². The highest BCUT2D eigenvalue weighted by atomic mass is 32.2. The molecule has 4 aliphatic rings. The van der Waals surface area contributed by atoms with Crippen LogP contribution >= 0.6 is 71.4 Å². The van der Waals surface area contributed by atoms with Crippen LogP contribution in [-0.4, -0.2) is 215 Å². The van der Waals surface area contributed by atoms with Crippen molar-refractivity contribution in [2.24, 2.45) is 0 Å². The minimum absolute atomic E-state index is 0.0417. The van der Waals surface area contributed by atoms with Crippen LogP contribution in [0.15, 0.2) is 0 Å². The van der Waals surface area contributed by atoms with Crippen molar-refractivity contribution in [2.45, 2.75) is 50.1 Å². The second kappa shape index (κ2) is 35.0. The Balaban J connectivity index is 0. The molecule has 0 aliphatic carbocycles. The summed E-state index contributed by atoms with van der Waals surface area (Å²) < 4.78 is 4.40. The van der Waals surface area contributed by atoms with E-state index in [0.717, 1.165) is 63.7 Å². The number of ether oxygens (including phenoxy) is 1. The molecule has 0 bridgehead atoms. The molecule has 4 rings (SSSR count). The normalized spacial score (nSPS) is 19.3. The molecule has 67 heavy (non-hydrogen) atoms. The molecule has 6 atom stereocenters. The van der Waals surface area contributed by atoms with E-state index in [1.54, 1.807) is 7.05 Å². The minimum Gasteiger partial charge on any atom is -0.480 e. The Bertz CT molecular complexity index is 1780. The quantitative estimate of drug-likeness (QED) is 0.0605. The molecule has 4 saturated heterocycles. The molecule has 28 nitrogen and oxygen atoms in total. The monoisotopic (exact) mass is 1070 g/mol. The molecule has 0 spiro atoms. The summed E-state index contributed by atoms with van der Waals surface area (Å²) in [4.78, 5) is 149. The molecule has 0 aromatic rings. The number of thioether (sulfide) groups is 5. The van der Waals surface area contributed by atoms with Gasteiger partial charge in [-0.25, -0.2) is 19.2 Å². The van der Waals surface area contributed by atoms with E-state index in [1.165, 1.54) is 28.0 Å². The van der Waals surface area contributed by atoms with Crippen LogP contribution < -0.4 is 37.2 Å². The van der Waals surface area contributed by atoms with Crippen molar-refractivity contribution in [3.8, 4) is 0 Å². The summed E-state index contributed by atoms with van der Waals surface area (Å²) in [7, 11) is 4.25. The number of nitrogens with zero attached hydrogens (tertiary/aromatic N) is 1. The highest BCUT2D eigenvalue weighted by Crippen LogP contribution is 2.19. The number of aliphatic carboxylic acids is 5. The number of amides is 7. The summed E-state index contributed by atoms with van der Waals surface area (Å²) in [5.74, 6) is -5.04. The van der Waals surface area contributed by atoms with Gasteiger partial charge in [0.15, 0.2) is 0 Å². The molecular weight excluding hydrogens is 1020 g/mol. The van der Waals surface area contributed by atoms with Gasteiger partial charge in [-0.2, -0.15) is 12.6 Å². The van der Waals surface area contributed by atoms with Crippen molar-refractivity contribution in [1.29, 1.82) is 0 Å². The maximum Gasteiger partial charge on any atom is 0.329 e. The smallest absolute Gasteiger partial charge is 0.329 e. The molecule has 4 aliphatic heterocycles. The molecule has 34 heteroatoms. The lowest BCUT2D eigenvalue weighted by Crippen LogP contribution is -2.45. The molecule has 0 unspecified atom stereocenters. The molecule has 378 valence electrons. The number of methoxy groups -OCH3 is 1. The van der Waals surface area contributed by atoms with Crippen LogP contribution in [-0.2, 0) is 52.7 Å². The predicted molar refractivity (Wildman–Crippen MR) is 247 cm³/mol. The summed E-state index contributed by atoms with van der Waals surface area (Å²) >= 11 is 8.70. The number of carboxylic acids is 5. The molecule has 7 amide bonds. The Labute approximate surface area is 407 Å². The molecular formula is C33H50N8O20S6. The highest BCUT2D eigenvalue weighted by molar-refractivity contribution is 8.15. The van der Waals surface area contributed by atoms with E-state index in [4.69, 9.17) is 25.5 Å². The number of hydrogen-bond acceptors (Lipinski definition) is 22. The van der Waals surface area contributed by atoms with Gasteiger partial charge < -0.3 is 72.4 Å². The van der Waals surface area contributed by atoms with Crippen molar-refractivity contribution in [3.63, 3.8) is 0 Å². The van der Waals surface area contributed by atoms with Crippen LogP contribution in [0.1, 0.15) is 13.8 Å². The Morgan fingerprint density at radius 2 is 1.07 bits per heavy atom. The Morgan fingerprint density at radius 1 is 0.687 bits per heavy atom. The predicted octanol–water partition coefficient (Wildman–Crippen LogP) is -2.31. The molecule has 0 aromatic carbocycles. The summed E-state index contributed by atoms with van der Waals surface area (Å²) in [5.41, 5.74) is 0. The molecule has 0 aromatic heterocycles. The van der Waals surface area contributed by atoms with E-state index in [-0.39, 0.29) is 62.5 Å². The molecule has 0 radical (unpaired) electrons. The van der Waals surface area contributed by atoms with E-state index in [1.807, 2.05) is 0 Å². The number of rotatable bonds is 15. The van der Waals surface area contributed by atoms with Gasteiger partial charge in [0.1, 0.15) is 42.8 Å². The Hall–Kier alpha value is -5.16. The fourth-order valence-corrected chi connectivity index (χ4v) is 8.35. The van der Waals surface area contributed by atoms with Gasteiger partial charge in [0, 0.05) is 55.4 Å². The minimum atomic E-state index is -1.20. The number of esters is 1. The van der Waals surface area contributed by atoms with Gasteiger partial charge in [-0.3, -0.25) is 47.9 Å². The first kappa shape index (κ1) is 63.9. The molecule has 4 heterocycles. The summed E-state index contributed by atoms with van der Waals surface area (Å²) in [6.07, 6.45) is 0. The average molecular weight is 1070 g/mol. The van der Waals surface area contributed by atoms with Crippen LogP contribution in [0.5, 0.6) is 0 Å². The SMILES string of the molecule is CC(=O)N[C@H](CSC(=O)[C@@H]1CSC(=O)N1)C(=O)O.CN(CC(=O)O)C(=O)[C@@H]1CSC(=O)N1.CNCC(=O)O.COC(=O)[C@H](CS)NC(C)=O.O=C1N[C@H](C(=O)O)CS1.O=C1N[C@H](C(=O)O)CS1. The van der Waals surface area contributed by atoms with Crippen LogP contribution in [0.3, 0.4) is 0 Å². The van der Waals surface area contributed by atoms with Crippen molar-refractivity contribution in [2.75, 3.05) is 68.8 Å². The number of likely N-dealkylation sites (N-methyl/N-ethyl adjacent to an activating group) is 2. The summed E-state index contributed by atoms with van der Waals surface area (Å²) in [5, 5.41) is 57.0. The lowest BCUT2D eigenvalue weighted by atomic mass is 10.3. The number of thiol groups is 1. The lowest BCUT2D eigenvalue weighted by molar-refractivity contribution is -0.144. The zero-order chi connectivity index (χ0) is 52.0. The van der Waals surface area contributed by atoms with E-state index in [9.17, 15) is 67.1 Å². The summed E-state index contributed by atoms with van der Waals surface area (Å²) in [6, 6.07) is -4.27. The van der Waals surface area contributed by atoms with Crippen molar-refractivity contribution in [3.05, 3.63) is 0 Å². The second-order valence-electron chi connectivity index (χ2n) is 12.6. The number of hydrogen-bond donors (Lipinski definition) is 13. The first-order valence-electron chi connectivity index (χ1n) is 18.3. The Morgan fingerprint density at radius 3 is 1.33 bits per heavy atom. The fraction of sp³-hybridized carbons (Fsp3) is 0.576. The number of nitrogens with one attached hydrogen (secondary N) is 7. The van der Waals surface area contributed by atoms with Gasteiger partial charge in [0.25, 0.3) is 21.0 Å². The lowest BCUT2D eigenvalue weighted by Gasteiger charge is -2.18. The van der Waals surface area contributed by atoms with Crippen LogP contribution in [0.25, 0.3) is 0 Å². The maximum atomic E-state index is 11.6. The standard InChI is InChI=1S/C9H12N2O5S2.C7H10N2O4S.C6H11NO3S.2C4H5NO3S.C3H7NO2/c1-4(12)10-5(7(13)14)2-17-8(15)6-3-18-9(16)11-6;1-9(2-5(10)11)6(12)4-3-14-7(13)8-4;1-4(8)7-5(3-11)6(9)10-2;2*6-3(7)2-1-9-4(8)5-2;1-4-2-3(5)6/h5-6H,2-3H2,1H3,(H,10,12)(H,11,16)(H,13,14);4H,2-3H2,1H3,(H,8,13)(H,10,11);5,11H,3H2,1-2H3,(H,7,8);2*2H,1H2,(H,5,8)(H,6,7);4H,2H2,1H3,(H,5,6)/t5-,6+;4-;5-;2*2-;/m10000./s1. The van der Waals surface area contributed by atoms with E-state index in [0.29, 0.717) is 23.0 Å². The fourth-order valence-electron chi connectivity index (χ4n) is 4.02. The van der Waals surface area contributed by atoms with E-state index in [2.05, 4.69) is 54.6 Å². The number of carbonyl (C=O) groups is 14. The van der Waals surface area contributed by atoms with Gasteiger partial charge in [0.05, 0.1) is 13.7 Å². The van der Waals surface area contributed by atoms with Gasteiger partial charge in [-0.05, 0) is 7.05 Å². The van der Waals surface area contributed by atoms with Crippen LogP contribution in [0, 0.1) is 0 Å². The topological polar surface area (TPSA) is 437 Å². The van der Waals surface area contributed by atoms with Gasteiger partial charge >= 0.3 is 35.8 Å². The summed E-state index contributed by atoms with van der Waals surface area (Å²) in [6.45, 7) is 2.23. The third-order valence-electron chi connectivity index (χ3n) is 7.06. The van der Waals surface area contributed by atoms with Crippen LogP contribution in [0.4, 0.5) is 19.2 Å². The zero-order valence-corrected chi connectivity index (χ0v) is 40.9. The number of carbonyl (C=O) groups excluding carboxylic acids is 9. The van der Waals surface area contributed by atoms with Gasteiger partial charge in [-0.15, -0.1) is 0 Å². The molecule has 12 N–H and O–H groups in total. The zero-order valence-electron chi connectivity index (χ0n) is 35.9. The molecule has 0 saturated carbocycles. The maximum absolute atomic E-state index is 11.6. The van der Waals surface area contributed by atoms with Gasteiger partial charge in [0.2, 0.25) is 22.8 Å². The first-order chi connectivity index (χ1) is 31.2. The van der Waals surface area contributed by atoms with Crippen molar-refractivity contribution >= 4 is 151 Å². The van der Waals surface area contributed by atoms with Gasteiger partial charge in [-0.1, -0.05) is 58.8 Å².